The van der Waals surface area contributed by atoms with Crippen molar-refractivity contribution in [3.63, 3.8) is 0 Å². The molecule has 2 aromatic rings. The average molecular weight is 396 g/mol. The number of carbonyl (C=O) groups is 2. The molecule has 154 valence electrons. The van der Waals surface area contributed by atoms with Gasteiger partial charge in [0.15, 0.2) is 0 Å². The van der Waals surface area contributed by atoms with E-state index >= 15 is 0 Å². The molecule has 2 aromatic carbocycles. The summed E-state index contributed by atoms with van der Waals surface area (Å²) in [4.78, 5) is 26.4. The number of rotatable bonds is 8. The lowest BCUT2D eigenvalue weighted by molar-refractivity contribution is -0.117. The molecule has 0 spiro atoms. The maximum atomic E-state index is 12.4. The highest BCUT2D eigenvalue weighted by atomic mass is 16.5. The maximum absolute atomic E-state index is 12.4. The molecule has 0 aliphatic carbocycles. The van der Waals surface area contributed by atoms with Gasteiger partial charge in [-0.25, -0.2) is 4.79 Å². The number of urea groups is 1. The first kappa shape index (κ1) is 20.7. The first-order valence-corrected chi connectivity index (χ1v) is 10.2. The highest BCUT2D eigenvalue weighted by molar-refractivity contribution is 5.96. The van der Waals surface area contributed by atoms with Crippen LogP contribution in [0.2, 0.25) is 0 Å². The van der Waals surface area contributed by atoms with Crippen LogP contribution in [0.1, 0.15) is 32.3 Å². The summed E-state index contributed by atoms with van der Waals surface area (Å²) >= 11 is 0. The van der Waals surface area contributed by atoms with E-state index in [0.29, 0.717) is 19.6 Å². The van der Waals surface area contributed by atoms with Gasteiger partial charge in [0.2, 0.25) is 5.91 Å². The molecule has 1 fully saturated rings. The molecule has 0 aromatic heterocycles. The molecule has 1 saturated heterocycles. The Morgan fingerprint density at radius 2 is 1.90 bits per heavy atom. The van der Waals surface area contributed by atoms with Crippen molar-refractivity contribution in [3.05, 3.63) is 60.2 Å². The zero-order chi connectivity index (χ0) is 20.6. The van der Waals surface area contributed by atoms with E-state index in [4.69, 9.17) is 4.74 Å². The van der Waals surface area contributed by atoms with Crippen LogP contribution in [0.4, 0.5) is 10.5 Å². The van der Waals surface area contributed by atoms with Gasteiger partial charge in [-0.15, -0.1) is 0 Å². The predicted molar refractivity (Wildman–Crippen MR) is 114 cm³/mol. The molecule has 1 heterocycles. The number of carbonyl (C=O) groups excluding carboxylic acids is 2. The summed E-state index contributed by atoms with van der Waals surface area (Å²) in [6.45, 7) is 5.00. The smallest absolute Gasteiger partial charge is 0.315 e. The highest BCUT2D eigenvalue weighted by Crippen LogP contribution is 2.24. The van der Waals surface area contributed by atoms with Gasteiger partial charge in [-0.3, -0.25) is 4.79 Å². The molecule has 1 aliphatic heterocycles. The summed E-state index contributed by atoms with van der Waals surface area (Å²) < 4.78 is 5.44. The summed E-state index contributed by atoms with van der Waals surface area (Å²) in [5.41, 5.74) is 2.08. The van der Waals surface area contributed by atoms with Crippen molar-refractivity contribution in [2.24, 2.45) is 0 Å². The second kappa shape index (κ2) is 9.96. The zero-order valence-corrected chi connectivity index (χ0v) is 17.1. The van der Waals surface area contributed by atoms with Crippen molar-refractivity contribution in [2.75, 3.05) is 18.1 Å². The minimum atomic E-state index is -0.225. The van der Waals surface area contributed by atoms with Gasteiger partial charge in [0.05, 0.1) is 12.6 Å². The number of aryl methyl sites for hydroxylation is 1. The number of nitrogens with one attached hydrogen (secondary N) is 2. The van der Waals surface area contributed by atoms with Crippen molar-refractivity contribution in [2.45, 2.75) is 45.2 Å². The van der Waals surface area contributed by atoms with E-state index in [2.05, 4.69) is 22.8 Å². The first-order valence-electron chi connectivity index (χ1n) is 10.2. The fourth-order valence-electron chi connectivity index (χ4n) is 3.49. The number of ether oxygens (including phenoxy) is 1. The van der Waals surface area contributed by atoms with Crippen LogP contribution in [-0.2, 0) is 11.2 Å². The van der Waals surface area contributed by atoms with E-state index in [-0.39, 0.29) is 24.0 Å². The Morgan fingerprint density at radius 3 is 2.59 bits per heavy atom. The summed E-state index contributed by atoms with van der Waals surface area (Å²) in [5.74, 6) is 0.790. The molecule has 29 heavy (non-hydrogen) atoms. The summed E-state index contributed by atoms with van der Waals surface area (Å²) in [6.07, 6.45) is 2.08. The van der Waals surface area contributed by atoms with Gasteiger partial charge in [-0.1, -0.05) is 30.3 Å². The van der Waals surface area contributed by atoms with Gasteiger partial charge in [-0.2, -0.15) is 0 Å². The lowest BCUT2D eigenvalue weighted by atomic mass is 10.1. The Hall–Kier alpha value is -3.02. The number of benzene rings is 2. The van der Waals surface area contributed by atoms with Crippen LogP contribution in [0.15, 0.2) is 54.6 Å². The molecule has 3 amide bonds. The fraction of sp³-hybridized carbons (Fsp3) is 0.391. The topological polar surface area (TPSA) is 70.7 Å². The molecule has 2 atom stereocenters. The van der Waals surface area contributed by atoms with Gasteiger partial charge < -0.3 is 20.3 Å². The number of hydrogen-bond donors (Lipinski definition) is 2. The Morgan fingerprint density at radius 1 is 1.17 bits per heavy atom. The van der Waals surface area contributed by atoms with Crippen LogP contribution in [0.3, 0.4) is 0 Å². The lowest BCUT2D eigenvalue weighted by Gasteiger charge is -2.19. The average Bonchev–Trinajstić information content (AvgIpc) is 3.08. The minimum absolute atomic E-state index is 0.0107. The Labute approximate surface area is 172 Å². The van der Waals surface area contributed by atoms with E-state index in [1.165, 1.54) is 5.56 Å². The van der Waals surface area contributed by atoms with Crippen LogP contribution < -0.4 is 20.3 Å². The predicted octanol–water partition coefficient (Wildman–Crippen LogP) is 3.51. The summed E-state index contributed by atoms with van der Waals surface area (Å²) in [5, 5.41) is 5.90. The zero-order valence-electron chi connectivity index (χ0n) is 17.1. The second-order valence-electron chi connectivity index (χ2n) is 7.38. The Kier molecular flexibility index (Phi) is 7.11. The van der Waals surface area contributed by atoms with E-state index < -0.39 is 0 Å². The third-order valence-corrected chi connectivity index (χ3v) is 5.01. The highest BCUT2D eigenvalue weighted by Gasteiger charge is 2.31. The minimum Gasteiger partial charge on any atom is -0.494 e. The summed E-state index contributed by atoms with van der Waals surface area (Å²) in [7, 11) is 0. The third-order valence-electron chi connectivity index (χ3n) is 5.01. The van der Waals surface area contributed by atoms with Crippen LogP contribution in [0, 0.1) is 0 Å². The first-order chi connectivity index (χ1) is 14.0. The molecule has 0 bridgehead atoms. The largest absolute Gasteiger partial charge is 0.494 e. The third kappa shape index (κ3) is 5.98. The van der Waals surface area contributed by atoms with E-state index in [1.54, 1.807) is 4.90 Å². The van der Waals surface area contributed by atoms with E-state index in [9.17, 15) is 9.59 Å². The molecule has 6 nitrogen and oxygen atoms in total. The van der Waals surface area contributed by atoms with Gasteiger partial charge in [0, 0.05) is 24.7 Å². The number of amides is 3. The van der Waals surface area contributed by atoms with E-state index in [1.807, 2.05) is 56.3 Å². The number of nitrogens with zero attached hydrogens (tertiary/aromatic N) is 1. The molecular formula is C23H29N3O3. The fourth-order valence-corrected chi connectivity index (χ4v) is 3.49. The number of hydrogen-bond acceptors (Lipinski definition) is 3. The lowest BCUT2D eigenvalue weighted by Crippen LogP contribution is -2.46. The SMILES string of the molecule is CCOc1ccc(N2C[C@H](NC(=O)N[C@H](C)CCc3ccccc3)CC2=O)cc1. The quantitative estimate of drug-likeness (QED) is 0.719. The Balaban J connectivity index is 1.45. The molecule has 1 aliphatic rings. The van der Waals surface area contributed by atoms with Crippen molar-refractivity contribution < 1.29 is 14.3 Å². The molecular weight excluding hydrogens is 366 g/mol. The normalized spacial score (nSPS) is 17.1. The Bertz CT molecular complexity index is 808. The van der Waals surface area contributed by atoms with Gasteiger partial charge in [0.25, 0.3) is 0 Å². The van der Waals surface area contributed by atoms with Crippen LogP contribution in [0.25, 0.3) is 0 Å². The monoisotopic (exact) mass is 395 g/mol. The van der Waals surface area contributed by atoms with Crippen molar-refractivity contribution in [3.8, 4) is 5.75 Å². The maximum Gasteiger partial charge on any atom is 0.315 e. The van der Waals surface area contributed by atoms with Crippen LogP contribution >= 0.6 is 0 Å². The molecule has 0 radical (unpaired) electrons. The van der Waals surface area contributed by atoms with Crippen molar-refractivity contribution in [1.82, 2.24) is 10.6 Å². The van der Waals surface area contributed by atoms with Crippen molar-refractivity contribution in [1.29, 1.82) is 0 Å². The van der Waals surface area contributed by atoms with Crippen LogP contribution in [0.5, 0.6) is 5.75 Å². The summed E-state index contributed by atoms with van der Waals surface area (Å²) in [6, 6.07) is 17.3. The molecule has 3 rings (SSSR count). The standard InChI is InChI=1S/C23H29N3O3/c1-3-29-21-13-11-20(12-14-21)26-16-19(15-22(26)27)25-23(28)24-17(2)9-10-18-7-5-4-6-8-18/h4-8,11-14,17,19H,3,9-10,15-16H2,1-2H3,(H2,24,25,28)/t17-,19-/m1/s1. The molecule has 0 unspecified atom stereocenters. The van der Waals surface area contributed by atoms with Crippen LogP contribution in [-0.4, -0.2) is 37.2 Å². The van der Waals surface area contributed by atoms with Crippen molar-refractivity contribution >= 4 is 17.6 Å². The molecule has 2 N–H and O–H groups in total. The molecule has 6 heteroatoms. The van der Waals surface area contributed by atoms with Gasteiger partial charge in [-0.05, 0) is 56.5 Å². The van der Waals surface area contributed by atoms with Gasteiger partial charge >= 0.3 is 6.03 Å². The second-order valence-corrected chi connectivity index (χ2v) is 7.38. The number of anilines is 1. The molecule has 0 saturated carbocycles. The van der Waals surface area contributed by atoms with Gasteiger partial charge in [0.1, 0.15) is 5.75 Å². The van der Waals surface area contributed by atoms with E-state index in [0.717, 1.165) is 24.3 Å².